The monoisotopic (exact) mass is 575 g/mol. The molecule has 0 bridgehead atoms. The molecule has 0 saturated heterocycles. The maximum absolute atomic E-state index is 14.0. The van der Waals surface area contributed by atoms with Crippen molar-refractivity contribution in [3.63, 3.8) is 0 Å². The molecule has 0 heterocycles. The molecule has 3 rings (SSSR count). The fraction of sp³-hybridized carbons (Fsp3) is 0.286. The number of carbonyl (C=O) groups is 2. The number of nitrogens with zero attached hydrogens (tertiary/aromatic N) is 2. The van der Waals surface area contributed by atoms with Gasteiger partial charge < -0.3 is 10.2 Å². The number of rotatable bonds is 10. The molecule has 3 aromatic rings. The first kappa shape index (κ1) is 29.5. The molecule has 10 heteroatoms. The summed E-state index contributed by atoms with van der Waals surface area (Å²) in [4.78, 5) is 28.5. The Morgan fingerprint density at radius 1 is 0.921 bits per heavy atom. The third-order valence-corrected chi connectivity index (χ3v) is 8.21. The second-order valence-electron chi connectivity index (χ2n) is 9.08. The Morgan fingerprint density at radius 2 is 1.55 bits per heavy atom. The van der Waals surface area contributed by atoms with Crippen molar-refractivity contribution in [3.8, 4) is 0 Å². The van der Waals surface area contributed by atoms with E-state index in [-0.39, 0.29) is 13.0 Å². The highest BCUT2D eigenvalue weighted by Gasteiger charge is 2.33. The topological polar surface area (TPSA) is 86.8 Å². The van der Waals surface area contributed by atoms with Crippen LogP contribution in [0, 0.1) is 13.8 Å². The third kappa shape index (κ3) is 7.28. The largest absolute Gasteiger partial charge is 0.357 e. The van der Waals surface area contributed by atoms with Crippen molar-refractivity contribution < 1.29 is 18.0 Å². The molecule has 0 aliphatic carbocycles. The standard InChI is InChI=1S/C28H31Cl2N3O4S/c1-19-13-14-22(15-20(19)2)33(38(4,36)37)18-27(34)32(17-23-24(29)11-8-12-25(23)30)26(28(35)31-3)16-21-9-6-5-7-10-21/h5-15,26H,16-18H2,1-4H3,(H,31,35). The molecule has 0 aliphatic rings. The molecular weight excluding hydrogens is 545 g/mol. The highest BCUT2D eigenvalue weighted by Crippen LogP contribution is 2.28. The summed E-state index contributed by atoms with van der Waals surface area (Å²) >= 11 is 12.9. The van der Waals surface area contributed by atoms with E-state index in [1.54, 1.807) is 36.4 Å². The van der Waals surface area contributed by atoms with Crippen molar-refractivity contribution in [2.75, 3.05) is 24.2 Å². The van der Waals surface area contributed by atoms with Crippen molar-refractivity contribution >= 4 is 50.7 Å². The molecule has 0 aromatic heterocycles. The van der Waals surface area contributed by atoms with Crippen LogP contribution in [0.3, 0.4) is 0 Å². The Balaban J connectivity index is 2.08. The van der Waals surface area contributed by atoms with Gasteiger partial charge in [-0.25, -0.2) is 8.42 Å². The van der Waals surface area contributed by atoms with Crippen molar-refractivity contribution in [2.24, 2.45) is 0 Å². The van der Waals surface area contributed by atoms with Crippen LogP contribution in [0.5, 0.6) is 0 Å². The van der Waals surface area contributed by atoms with Gasteiger partial charge in [0.15, 0.2) is 0 Å². The molecule has 1 unspecified atom stereocenters. The smallest absolute Gasteiger partial charge is 0.244 e. The molecular formula is C28H31Cl2N3O4S. The molecule has 202 valence electrons. The Hall–Kier alpha value is -3.07. The second kappa shape index (κ2) is 12.7. The minimum atomic E-state index is -3.84. The van der Waals surface area contributed by atoms with Gasteiger partial charge in [0, 0.05) is 35.6 Å². The number of hydrogen-bond donors (Lipinski definition) is 1. The van der Waals surface area contributed by atoms with Crippen LogP contribution >= 0.6 is 23.2 Å². The van der Waals surface area contributed by atoms with Crippen LogP contribution in [0.1, 0.15) is 22.3 Å². The molecule has 1 atom stereocenters. The summed E-state index contributed by atoms with van der Waals surface area (Å²) in [5.74, 6) is -0.975. The molecule has 0 fully saturated rings. The Labute approximate surface area is 234 Å². The summed E-state index contributed by atoms with van der Waals surface area (Å²) in [7, 11) is -2.35. The van der Waals surface area contributed by atoms with Crippen molar-refractivity contribution in [1.29, 1.82) is 0 Å². The molecule has 7 nitrogen and oxygen atoms in total. The van der Waals surface area contributed by atoms with E-state index in [4.69, 9.17) is 23.2 Å². The number of nitrogens with one attached hydrogen (secondary N) is 1. The molecule has 1 N–H and O–H groups in total. The molecule has 3 aromatic carbocycles. The number of sulfonamides is 1. The van der Waals surface area contributed by atoms with Crippen LogP contribution in [0.15, 0.2) is 66.7 Å². The van der Waals surface area contributed by atoms with Crippen molar-refractivity contribution in [3.05, 3.63) is 99.0 Å². The zero-order valence-electron chi connectivity index (χ0n) is 21.7. The van der Waals surface area contributed by atoms with E-state index in [0.29, 0.717) is 21.3 Å². The fourth-order valence-electron chi connectivity index (χ4n) is 4.07. The SMILES string of the molecule is CNC(=O)C(Cc1ccccc1)N(Cc1c(Cl)cccc1Cl)C(=O)CN(c1ccc(C)c(C)c1)S(C)(=O)=O. The first-order chi connectivity index (χ1) is 17.9. The Bertz CT molecular complexity index is 1390. The van der Waals surface area contributed by atoms with Crippen LogP contribution in [0.2, 0.25) is 10.0 Å². The van der Waals surface area contributed by atoms with Crippen LogP contribution in [0.25, 0.3) is 0 Å². The molecule has 38 heavy (non-hydrogen) atoms. The second-order valence-corrected chi connectivity index (χ2v) is 11.8. The van der Waals surface area contributed by atoms with E-state index in [1.165, 1.54) is 11.9 Å². The number of aryl methyl sites for hydroxylation is 2. The number of carbonyl (C=O) groups excluding carboxylic acids is 2. The lowest BCUT2D eigenvalue weighted by Gasteiger charge is -2.33. The number of hydrogen-bond acceptors (Lipinski definition) is 4. The zero-order valence-corrected chi connectivity index (χ0v) is 24.1. The highest BCUT2D eigenvalue weighted by molar-refractivity contribution is 7.92. The Morgan fingerprint density at radius 3 is 2.11 bits per heavy atom. The van der Waals surface area contributed by atoms with Gasteiger partial charge in [-0.05, 0) is 54.8 Å². The number of anilines is 1. The first-order valence-electron chi connectivity index (χ1n) is 11.9. The van der Waals surface area contributed by atoms with Crippen LogP contribution in [0.4, 0.5) is 5.69 Å². The minimum absolute atomic E-state index is 0.0905. The van der Waals surface area contributed by atoms with E-state index in [9.17, 15) is 18.0 Å². The van der Waals surface area contributed by atoms with Crippen molar-refractivity contribution in [1.82, 2.24) is 10.2 Å². The van der Waals surface area contributed by atoms with Gasteiger partial charge in [-0.1, -0.05) is 65.7 Å². The molecule has 0 radical (unpaired) electrons. The van der Waals surface area contributed by atoms with Gasteiger partial charge in [-0.15, -0.1) is 0 Å². The van der Waals surface area contributed by atoms with Gasteiger partial charge in [0.05, 0.1) is 11.9 Å². The van der Waals surface area contributed by atoms with E-state index in [2.05, 4.69) is 5.32 Å². The summed E-state index contributed by atoms with van der Waals surface area (Å²) in [5.41, 5.74) is 3.53. The van der Waals surface area contributed by atoms with Gasteiger partial charge in [-0.3, -0.25) is 13.9 Å². The average molecular weight is 577 g/mol. The summed E-state index contributed by atoms with van der Waals surface area (Å²) in [6, 6.07) is 18.5. The number of likely N-dealkylation sites (N-methyl/N-ethyl adjacent to an activating group) is 1. The summed E-state index contributed by atoms with van der Waals surface area (Å²) < 4.78 is 26.7. The zero-order chi connectivity index (χ0) is 28.0. The molecule has 0 saturated carbocycles. The van der Waals surface area contributed by atoms with Gasteiger partial charge in [0.2, 0.25) is 21.8 Å². The van der Waals surface area contributed by atoms with E-state index < -0.39 is 34.4 Å². The number of halogens is 2. The maximum atomic E-state index is 14.0. The van der Waals surface area contributed by atoms with E-state index in [0.717, 1.165) is 27.3 Å². The van der Waals surface area contributed by atoms with Gasteiger partial charge in [0.25, 0.3) is 0 Å². The first-order valence-corrected chi connectivity index (χ1v) is 14.6. The lowest BCUT2D eigenvalue weighted by atomic mass is 10.0. The highest BCUT2D eigenvalue weighted by atomic mass is 35.5. The van der Waals surface area contributed by atoms with Gasteiger partial charge >= 0.3 is 0 Å². The summed E-state index contributed by atoms with van der Waals surface area (Å²) in [6.07, 6.45) is 1.25. The third-order valence-electron chi connectivity index (χ3n) is 6.37. The van der Waals surface area contributed by atoms with Gasteiger partial charge in [-0.2, -0.15) is 0 Å². The summed E-state index contributed by atoms with van der Waals surface area (Å²) in [6.45, 7) is 3.19. The van der Waals surface area contributed by atoms with Crippen molar-refractivity contribution in [2.45, 2.75) is 32.9 Å². The Kier molecular flexibility index (Phi) is 9.82. The van der Waals surface area contributed by atoms with Crippen LogP contribution in [-0.2, 0) is 32.6 Å². The fourth-order valence-corrected chi connectivity index (χ4v) is 5.43. The number of amides is 2. The van der Waals surface area contributed by atoms with Crippen LogP contribution in [-0.4, -0.2) is 51.0 Å². The predicted molar refractivity (Wildman–Crippen MR) is 153 cm³/mol. The van der Waals surface area contributed by atoms with E-state index >= 15 is 0 Å². The molecule has 2 amide bonds. The summed E-state index contributed by atoms with van der Waals surface area (Å²) in [5, 5.41) is 3.30. The van der Waals surface area contributed by atoms with Crippen LogP contribution < -0.4 is 9.62 Å². The lowest BCUT2D eigenvalue weighted by molar-refractivity contribution is -0.139. The minimum Gasteiger partial charge on any atom is -0.357 e. The predicted octanol–water partition coefficient (Wildman–Crippen LogP) is 4.76. The molecule has 0 spiro atoms. The van der Waals surface area contributed by atoms with E-state index in [1.807, 2.05) is 44.2 Å². The molecule has 0 aliphatic heterocycles. The maximum Gasteiger partial charge on any atom is 0.244 e. The normalized spacial score (nSPS) is 12.1. The average Bonchev–Trinajstić information content (AvgIpc) is 2.87. The number of benzene rings is 3. The quantitative estimate of drug-likeness (QED) is 0.377. The van der Waals surface area contributed by atoms with Gasteiger partial charge in [0.1, 0.15) is 12.6 Å². The lowest BCUT2D eigenvalue weighted by Crippen LogP contribution is -2.53.